The lowest BCUT2D eigenvalue weighted by atomic mass is 10.2. The summed E-state index contributed by atoms with van der Waals surface area (Å²) < 4.78 is 50.8. The number of hydrogen-bond acceptors (Lipinski definition) is 2. The highest BCUT2D eigenvalue weighted by atomic mass is 32.2. The third-order valence-corrected chi connectivity index (χ3v) is 4.26. The van der Waals surface area contributed by atoms with E-state index in [4.69, 9.17) is 0 Å². The number of benzene rings is 1. The molecule has 120 valence electrons. The fourth-order valence-corrected chi connectivity index (χ4v) is 2.72. The van der Waals surface area contributed by atoms with Gasteiger partial charge in [0.15, 0.2) is 0 Å². The molecule has 0 aromatic heterocycles. The second kappa shape index (κ2) is 8.51. The van der Waals surface area contributed by atoms with Gasteiger partial charge >= 0.3 is 6.18 Å². The van der Waals surface area contributed by atoms with Crippen LogP contribution < -0.4 is 5.32 Å². The Labute approximate surface area is 127 Å². The van der Waals surface area contributed by atoms with E-state index in [1.54, 1.807) is 11.8 Å². The summed E-state index contributed by atoms with van der Waals surface area (Å²) in [5.41, 5.74) is -0.859. The third kappa shape index (κ3) is 6.59. The van der Waals surface area contributed by atoms with Crippen LogP contribution in [0.3, 0.4) is 0 Å². The summed E-state index contributed by atoms with van der Waals surface area (Å²) in [6.45, 7) is 4.25. The molecule has 0 aliphatic rings. The van der Waals surface area contributed by atoms with Crippen molar-refractivity contribution in [3.05, 3.63) is 29.6 Å². The summed E-state index contributed by atoms with van der Waals surface area (Å²) in [6.07, 6.45) is 0.120. The minimum Gasteiger partial charge on any atom is -0.374 e. The number of anilines is 1. The van der Waals surface area contributed by atoms with Crippen molar-refractivity contribution in [2.24, 2.45) is 0 Å². The molecule has 6 heteroatoms. The maximum atomic E-state index is 13.6. The lowest BCUT2D eigenvalue weighted by Crippen LogP contribution is -2.08. The predicted molar refractivity (Wildman–Crippen MR) is 81.1 cm³/mol. The van der Waals surface area contributed by atoms with E-state index < -0.39 is 17.6 Å². The SMILES string of the molecule is CCCCC[C@@H](C)SCNc1ccc(C(F)(F)F)cc1F. The molecule has 0 heterocycles. The Morgan fingerprint density at radius 3 is 2.52 bits per heavy atom. The number of thioether (sulfide) groups is 1. The lowest BCUT2D eigenvalue weighted by molar-refractivity contribution is -0.137. The van der Waals surface area contributed by atoms with Crippen LogP contribution in [0, 0.1) is 5.82 Å². The zero-order valence-corrected chi connectivity index (χ0v) is 13.1. The van der Waals surface area contributed by atoms with E-state index in [1.807, 2.05) is 0 Å². The minimum atomic E-state index is -4.51. The quantitative estimate of drug-likeness (QED) is 0.362. The van der Waals surface area contributed by atoms with Crippen LogP contribution in [0.1, 0.15) is 45.1 Å². The van der Waals surface area contributed by atoms with Gasteiger partial charge in [-0.1, -0.05) is 33.1 Å². The Morgan fingerprint density at radius 2 is 1.95 bits per heavy atom. The zero-order valence-electron chi connectivity index (χ0n) is 12.3. The second-order valence-electron chi connectivity index (χ2n) is 4.99. The Kier molecular flexibility index (Phi) is 7.35. The highest BCUT2D eigenvalue weighted by Gasteiger charge is 2.31. The van der Waals surface area contributed by atoms with Gasteiger partial charge in [0.05, 0.1) is 17.1 Å². The first-order valence-corrected chi connectivity index (χ1v) is 8.11. The van der Waals surface area contributed by atoms with E-state index in [9.17, 15) is 17.6 Å². The molecule has 0 bridgehead atoms. The Balaban J connectivity index is 2.42. The summed E-state index contributed by atoms with van der Waals surface area (Å²) in [4.78, 5) is 0. The molecule has 0 spiro atoms. The second-order valence-corrected chi connectivity index (χ2v) is 6.41. The summed E-state index contributed by atoms with van der Waals surface area (Å²) in [5, 5.41) is 3.28. The van der Waals surface area contributed by atoms with Gasteiger partial charge in [-0.3, -0.25) is 0 Å². The van der Waals surface area contributed by atoms with Crippen LogP contribution in [0.4, 0.5) is 23.2 Å². The Morgan fingerprint density at radius 1 is 1.24 bits per heavy atom. The topological polar surface area (TPSA) is 12.0 Å². The van der Waals surface area contributed by atoms with Gasteiger partial charge in [-0.25, -0.2) is 4.39 Å². The van der Waals surface area contributed by atoms with E-state index in [2.05, 4.69) is 19.2 Å². The summed E-state index contributed by atoms with van der Waals surface area (Å²) in [5.74, 6) is -0.390. The van der Waals surface area contributed by atoms with Gasteiger partial charge in [-0.15, -0.1) is 11.8 Å². The standard InChI is InChI=1S/C15H21F4NS/c1-3-4-5-6-11(2)21-10-20-14-8-7-12(9-13(14)16)15(17,18)19/h7-9,11,20H,3-6,10H2,1-2H3/t11-/m1/s1. The fourth-order valence-electron chi connectivity index (χ4n) is 1.86. The average molecular weight is 323 g/mol. The van der Waals surface area contributed by atoms with Gasteiger partial charge in [-0.2, -0.15) is 13.2 Å². The Bertz CT molecular complexity index is 434. The molecule has 1 rings (SSSR count). The average Bonchev–Trinajstić information content (AvgIpc) is 2.39. The molecule has 0 aliphatic carbocycles. The summed E-state index contributed by atoms with van der Waals surface area (Å²) >= 11 is 1.64. The lowest BCUT2D eigenvalue weighted by Gasteiger charge is -2.13. The number of rotatable bonds is 8. The number of unbranched alkanes of at least 4 members (excludes halogenated alkanes) is 2. The molecule has 0 amide bonds. The molecule has 21 heavy (non-hydrogen) atoms. The van der Waals surface area contributed by atoms with Crippen molar-refractivity contribution in [3.8, 4) is 0 Å². The van der Waals surface area contributed by atoms with Crippen LogP contribution in [0.2, 0.25) is 0 Å². The van der Waals surface area contributed by atoms with Crippen molar-refractivity contribution in [2.75, 3.05) is 11.2 Å². The molecule has 0 radical (unpaired) electrons. The van der Waals surface area contributed by atoms with Crippen molar-refractivity contribution in [2.45, 2.75) is 51.0 Å². The van der Waals surface area contributed by atoms with E-state index >= 15 is 0 Å². The predicted octanol–water partition coefficient (Wildman–Crippen LogP) is 5.92. The molecule has 0 saturated heterocycles. The highest BCUT2D eigenvalue weighted by Crippen LogP contribution is 2.31. The van der Waals surface area contributed by atoms with Gasteiger partial charge in [-0.05, 0) is 24.6 Å². The number of hydrogen-bond donors (Lipinski definition) is 1. The monoisotopic (exact) mass is 323 g/mol. The molecule has 0 saturated carbocycles. The van der Waals surface area contributed by atoms with Crippen LogP contribution >= 0.6 is 11.8 Å². The first kappa shape index (κ1) is 18.1. The van der Waals surface area contributed by atoms with Gasteiger partial charge < -0.3 is 5.32 Å². The maximum Gasteiger partial charge on any atom is 0.416 e. The first-order chi connectivity index (χ1) is 9.84. The Hall–Kier alpha value is -0.910. The van der Waals surface area contributed by atoms with Crippen LogP contribution in [0.5, 0.6) is 0 Å². The zero-order chi connectivity index (χ0) is 15.9. The van der Waals surface area contributed by atoms with E-state index in [1.165, 1.54) is 19.3 Å². The van der Waals surface area contributed by atoms with E-state index in [-0.39, 0.29) is 5.69 Å². The minimum absolute atomic E-state index is 0.108. The molecule has 1 nitrogen and oxygen atoms in total. The normalized spacial score (nSPS) is 13.2. The van der Waals surface area contributed by atoms with Crippen LogP contribution in [-0.2, 0) is 6.18 Å². The fraction of sp³-hybridized carbons (Fsp3) is 0.600. The van der Waals surface area contributed by atoms with Crippen LogP contribution in [0.15, 0.2) is 18.2 Å². The number of halogens is 4. The largest absolute Gasteiger partial charge is 0.416 e. The van der Waals surface area contributed by atoms with E-state index in [0.29, 0.717) is 17.2 Å². The molecule has 1 atom stereocenters. The molecule has 1 N–H and O–H groups in total. The molecule has 1 aromatic rings. The van der Waals surface area contributed by atoms with Crippen LogP contribution in [0.25, 0.3) is 0 Å². The molecule has 1 aromatic carbocycles. The smallest absolute Gasteiger partial charge is 0.374 e. The number of nitrogens with one attached hydrogen (secondary N) is 1. The molecule has 0 fully saturated rings. The molecular formula is C15H21F4NS. The van der Waals surface area contributed by atoms with Crippen molar-refractivity contribution in [1.29, 1.82) is 0 Å². The third-order valence-electron chi connectivity index (χ3n) is 3.14. The maximum absolute atomic E-state index is 13.6. The highest BCUT2D eigenvalue weighted by molar-refractivity contribution is 7.99. The van der Waals surface area contributed by atoms with Crippen molar-refractivity contribution >= 4 is 17.4 Å². The van der Waals surface area contributed by atoms with Gasteiger partial charge in [0.2, 0.25) is 0 Å². The first-order valence-electron chi connectivity index (χ1n) is 7.06. The molecule has 0 unspecified atom stereocenters. The summed E-state index contributed by atoms with van der Waals surface area (Å²) in [6, 6.07) is 2.55. The number of alkyl halides is 3. The van der Waals surface area contributed by atoms with Crippen molar-refractivity contribution in [3.63, 3.8) is 0 Å². The molecule has 0 aliphatic heterocycles. The molecular weight excluding hydrogens is 302 g/mol. The van der Waals surface area contributed by atoms with Crippen LogP contribution in [-0.4, -0.2) is 11.1 Å². The van der Waals surface area contributed by atoms with Crippen molar-refractivity contribution < 1.29 is 17.6 Å². The van der Waals surface area contributed by atoms with E-state index in [0.717, 1.165) is 18.6 Å². The van der Waals surface area contributed by atoms with Gasteiger partial charge in [0.25, 0.3) is 0 Å². The summed E-state index contributed by atoms with van der Waals surface area (Å²) in [7, 11) is 0. The van der Waals surface area contributed by atoms with Gasteiger partial charge in [0.1, 0.15) is 5.82 Å². The van der Waals surface area contributed by atoms with Crippen molar-refractivity contribution in [1.82, 2.24) is 0 Å². The van der Waals surface area contributed by atoms with Gasteiger partial charge in [0, 0.05) is 5.25 Å².